The van der Waals surface area contributed by atoms with E-state index in [4.69, 9.17) is 22.1 Å². The number of hydrogen-bond donors (Lipinski definition) is 1. The zero-order chi connectivity index (χ0) is 13.7. The molecule has 0 amide bonds. The van der Waals surface area contributed by atoms with Gasteiger partial charge in [-0.2, -0.15) is 5.10 Å². The van der Waals surface area contributed by atoms with E-state index in [9.17, 15) is 0 Å². The first kappa shape index (κ1) is 13.9. The summed E-state index contributed by atoms with van der Waals surface area (Å²) in [6.45, 7) is 3.38. The van der Waals surface area contributed by atoms with Gasteiger partial charge in [0.2, 0.25) is 0 Å². The molecule has 0 saturated carbocycles. The van der Waals surface area contributed by atoms with Crippen LogP contribution in [0.5, 0.6) is 5.75 Å². The molecule has 4 nitrogen and oxygen atoms in total. The Morgan fingerprint density at radius 3 is 3.00 bits per heavy atom. The average molecular weight is 280 g/mol. The number of benzene rings is 1. The lowest BCUT2D eigenvalue weighted by Crippen LogP contribution is -2.22. The van der Waals surface area contributed by atoms with Gasteiger partial charge in [-0.05, 0) is 30.7 Å². The second kappa shape index (κ2) is 6.59. The first-order chi connectivity index (χ1) is 9.20. The van der Waals surface area contributed by atoms with Gasteiger partial charge in [0, 0.05) is 17.8 Å². The van der Waals surface area contributed by atoms with Gasteiger partial charge in [0.25, 0.3) is 0 Å². The van der Waals surface area contributed by atoms with E-state index in [0.717, 1.165) is 24.4 Å². The number of aromatic nitrogens is 2. The zero-order valence-corrected chi connectivity index (χ0v) is 11.7. The van der Waals surface area contributed by atoms with Crippen LogP contribution >= 0.6 is 11.6 Å². The summed E-state index contributed by atoms with van der Waals surface area (Å²) in [6, 6.07) is 9.03. The minimum atomic E-state index is -0.201. The zero-order valence-electron chi connectivity index (χ0n) is 10.9. The van der Waals surface area contributed by atoms with Gasteiger partial charge < -0.3 is 10.5 Å². The molecule has 2 aromatic rings. The van der Waals surface area contributed by atoms with Crippen LogP contribution in [0.1, 0.15) is 25.1 Å². The molecule has 2 N–H and O–H groups in total. The van der Waals surface area contributed by atoms with Crippen molar-refractivity contribution in [1.82, 2.24) is 9.78 Å². The summed E-state index contributed by atoms with van der Waals surface area (Å²) in [5.74, 6) is 0.726. The van der Waals surface area contributed by atoms with Gasteiger partial charge in [0.1, 0.15) is 12.4 Å². The third kappa shape index (κ3) is 3.72. The molecule has 0 radical (unpaired) electrons. The summed E-state index contributed by atoms with van der Waals surface area (Å²) in [5.41, 5.74) is 7.13. The monoisotopic (exact) mass is 279 g/mol. The summed E-state index contributed by atoms with van der Waals surface area (Å²) in [4.78, 5) is 0. The first-order valence-electron chi connectivity index (χ1n) is 6.36. The molecule has 102 valence electrons. The largest absolute Gasteiger partial charge is 0.492 e. The number of ether oxygens (including phenoxy) is 1. The number of halogens is 1. The van der Waals surface area contributed by atoms with Crippen LogP contribution in [-0.4, -0.2) is 16.4 Å². The van der Waals surface area contributed by atoms with E-state index in [-0.39, 0.29) is 6.04 Å². The number of nitrogens with two attached hydrogens (primary N) is 1. The molecular formula is C14H18ClN3O. The maximum absolute atomic E-state index is 6.14. The minimum Gasteiger partial charge on any atom is -0.492 e. The molecule has 1 atom stereocenters. The second-order valence-electron chi connectivity index (χ2n) is 4.35. The number of rotatable bonds is 6. The molecule has 0 aliphatic heterocycles. The summed E-state index contributed by atoms with van der Waals surface area (Å²) >= 11 is 5.90. The van der Waals surface area contributed by atoms with Crippen molar-refractivity contribution in [1.29, 1.82) is 0 Å². The summed E-state index contributed by atoms with van der Waals surface area (Å²) < 4.78 is 7.58. The van der Waals surface area contributed by atoms with Crippen LogP contribution in [0, 0.1) is 0 Å². The molecule has 19 heavy (non-hydrogen) atoms. The van der Waals surface area contributed by atoms with Gasteiger partial charge in [0.05, 0.1) is 11.7 Å². The Morgan fingerprint density at radius 2 is 2.26 bits per heavy atom. The van der Waals surface area contributed by atoms with E-state index in [1.807, 2.05) is 28.9 Å². The van der Waals surface area contributed by atoms with Gasteiger partial charge in [-0.25, -0.2) is 0 Å². The fraction of sp³-hybridized carbons (Fsp3) is 0.357. The van der Waals surface area contributed by atoms with E-state index in [0.29, 0.717) is 11.6 Å². The maximum Gasteiger partial charge on any atom is 0.120 e. The SMILES string of the molecule is CCCn1nccc1C(N)COc1cccc(Cl)c1. The molecule has 0 fully saturated rings. The maximum atomic E-state index is 6.14. The highest BCUT2D eigenvalue weighted by molar-refractivity contribution is 6.30. The Labute approximate surface area is 118 Å². The van der Waals surface area contributed by atoms with E-state index in [1.165, 1.54) is 0 Å². The molecule has 1 aromatic heterocycles. The van der Waals surface area contributed by atoms with E-state index < -0.39 is 0 Å². The van der Waals surface area contributed by atoms with Crippen molar-refractivity contribution in [3.05, 3.63) is 47.2 Å². The molecular weight excluding hydrogens is 262 g/mol. The normalized spacial score (nSPS) is 12.4. The minimum absolute atomic E-state index is 0.201. The molecule has 0 aliphatic rings. The summed E-state index contributed by atoms with van der Waals surface area (Å²) in [6.07, 6.45) is 2.79. The highest BCUT2D eigenvalue weighted by atomic mass is 35.5. The molecule has 5 heteroatoms. The van der Waals surface area contributed by atoms with Crippen LogP contribution < -0.4 is 10.5 Å². The molecule has 0 bridgehead atoms. The van der Waals surface area contributed by atoms with Gasteiger partial charge >= 0.3 is 0 Å². The third-order valence-electron chi connectivity index (χ3n) is 2.79. The van der Waals surface area contributed by atoms with Crippen molar-refractivity contribution in [2.24, 2.45) is 5.73 Å². The van der Waals surface area contributed by atoms with E-state index in [2.05, 4.69) is 12.0 Å². The van der Waals surface area contributed by atoms with Crippen LogP contribution in [0.4, 0.5) is 0 Å². The van der Waals surface area contributed by atoms with Crippen LogP contribution in [0.2, 0.25) is 5.02 Å². The Balaban J connectivity index is 1.97. The quantitative estimate of drug-likeness (QED) is 0.884. The van der Waals surface area contributed by atoms with Gasteiger partial charge in [-0.15, -0.1) is 0 Å². The number of nitrogens with zero attached hydrogens (tertiary/aromatic N) is 2. The van der Waals surface area contributed by atoms with E-state index >= 15 is 0 Å². The lowest BCUT2D eigenvalue weighted by Gasteiger charge is -2.15. The fourth-order valence-corrected chi connectivity index (χ4v) is 2.06. The average Bonchev–Trinajstić information content (AvgIpc) is 2.85. The molecule has 1 aromatic carbocycles. The van der Waals surface area contributed by atoms with Crippen molar-refractivity contribution in [3.63, 3.8) is 0 Å². The van der Waals surface area contributed by atoms with Crippen LogP contribution in [-0.2, 0) is 6.54 Å². The molecule has 0 saturated heterocycles. The summed E-state index contributed by atoms with van der Waals surface area (Å²) in [7, 11) is 0. The van der Waals surface area contributed by atoms with Crippen LogP contribution in [0.3, 0.4) is 0 Å². The highest BCUT2D eigenvalue weighted by Gasteiger charge is 2.12. The van der Waals surface area contributed by atoms with Crippen LogP contribution in [0.25, 0.3) is 0 Å². The fourth-order valence-electron chi connectivity index (χ4n) is 1.88. The third-order valence-corrected chi connectivity index (χ3v) is 3.03. The Morgan fingerprint density at radius 1 is 1.42 bits per heavy atom. The molecule has 0 aliphatic carbocycles. The topological polar surface area (TPSA) is 53.1 Å². The Hall–Kier alpha value is -1.52. The van der Waals surface area contributed by atoms with E-state index in [1.54, 1.807) is 12.3 Å². The van der Waals surface area contributed by atoms with Gasteiger partial charge in [0.15, 0.2) is 0 Å². The van der Waals surface area contributed by atoms with Crippen LogP contribution in [0.15, 0.2) is 36.5 Å². The highest BCUT2D eigenvalue weighted by Crippen LogP contribution is 2.19. The molecule has 1 unspecified atom stereocenters. The summed E-state index contributed by atoms with van der Waals surface area (Å²) in [5, 5.41) is 4.91. The smallest absolute Gasteiger partial charge is 0.120 e. The van der Waals surface area contributed by atoms with Crippen molar-refractivity contribution in [2.75, 3.05) is 6.61 Å². The van der Waals surface area contributed by atoms with Crippen molar-refractivity contribution < 1.29 is 4.74 Å². The second-order valence-corrected chi connectivity index (χ2v) is 4.79. The van der Waals surface area contributed by atoms with Gasteiger partial charge in [-0.3, -0.25) is 4.68 Å². The first-order valence-corrected chi connectivity index (χ1v) is 6.74. The van der Waals surface area contributed by atoms with Crippen molar-refractivity contribution >= 4 is 11.6 Å². The standard InChI is InChI=1S/C14H18ClN3O/c1-2-8-18-14(6-7-17-18)13(16)10-19-12-5-3-4-11(15)9-12/h3-7,9,13H,2,8,10,16H2,1H3. The van der Waals surface area contributed by atoms with Crippen molar-refractivity contribution in [3.8, 4) is 5.75 Å². The number of hydrogen-bond acceptors (Lipinski definition) is 3. The van der Waals surface area contributed by atoms with Gasteiger partial charge in [-0.1, -0.05) is 24.6 Å². The molecule has 0 spiro atoms. The Kier molecular flexibility index (Phi) is 4.82. The lowest BCUT2D eigenvalue weighted by molar-refractivity contribution is 0.284. The number of aryl methyl sites for hydroxylation is 1. The predicted molar refractivity (Wildman–Crippen MR) is 76.4 cm³/mol. The molecule has 1 heterocycles. The Bertz CT molecular complexity index is 527. The predicted octanol–water partition coefficient (Wildman–Crippen LogP) is 3.03. The molecule has 2 rings (SSSR count). The lowest BCUT2D eigenvalue weighted by atomic mass is 10.2. The van der Waals surface area contributed by atoms with Crippen molar-refractivity contribution in [2.45, 2.75) is 25.9 Å².